The molecule has 23 heavy (non-hydrogen) atoms. The maximum Gasteiger partial charge on any atom is 0.251 e. The molecule has 0 saturated carbocycles. The fraction of sp³-hybridized carbons (Fsp3) is 0.235. The highest BCUT2D eigenvalue weighted by molar-refractivity contribution is 6.30. The van der Waals surface area contributed by atoms with E-state index in [1.54, 1.807) is 42.5 Å². The molecule has 2 aromatic rings. The highest BCUT2D eigenvalue weighted by atomic mass is 35.5. The van der Waals surface area contributed by atoms with E-state index in [9.17, 15) is 9.90 Å². The molecule has 6 heteroatoms. The Bertz CT molecular complexity index is 673. The lowest BCUT2D eigenvalue weighted by Gasteiger charge is -2.13. The second kappa shape index (κ2) is 7.85. The molecule has 5 nitrogen and oxygen atoms in total. The number of nitrogens with one attached hydrogen (secondary N) is 1. The van der Waals surface area contributed by atoms with Crippen molar-refractivity contribution in [2.45, 2.75) is 6.10 Å². The van der Waals surface area contributed by atoms with Gasteiger partial charge in [0.1, 0.15) is 0 Å². The average Bonchev–Trinajstić information content (AvgIpc) is 2.59. The number of hydrogen-bond acceptors (Lipinski definition) is 4. The van der Waals surface area contributed by atoms with Crippen LogP contribution in [-0.2, 0) is 0 Å². The Morgan fingerprint density at radius 3 is 2.39 bits per heavy atom. The number of hydrogen-bond donors (Lipinski definition) is 2. The van der Waals surface area contributed by atoms with E-state index in [4.69, 9.17) is 21.1 Å². The zero-order chi connectivity index (χ0) is 16.8. The summed E-state index contributed by atoms with van der Waals surface area (Å²) in [4.78, 5) is 12.2. The van der Waals surface area contributed by atoms with E-state index in [2.05, 4.69) is 5.32 Å². The van der Waals surface area contributed by atoms with Crippen LogP contribution in [0, 0.1) is 0 Å². The quantitative estimate of drug-likeness (QED) is 0.851. The van der Waals surface area contributed by atoms with Gasteiger partial charge in [0.15, 0.2) is 11.5 Å². The van der Waals surface area contributed by atoms with Gasteiger partial charge in [0.25, 0.3) is 5.91 Å². The molecular weight excluding hydrogens is 318 g/mol. The monoisotopic (exact) mass is 335 g/mol. The van der Waals surface area contributed by atoms with Crippen molar-refractivity contribution in [1.82, 2.24) is 5.32 Å². The van der Waals surface area contributed by atoms with E-state index in [1.165, 1.54) is 14.2 Å². The number of amides is 1. The Balaban J connectivity index is 2.00. The lowest BCUT2D eigenvalue weighted by atomic mass is 10.1. The number of methoxy groups -OCH3 is 2. The number of rotatable bonds is 6. The second-order valence-electron chi connectivity index (χ2n) is 4.85. The van der Waals surface area contributed by atoms with Crippen molar-refractivity contribution < 1.29 is 19.4 Å². The number of carbonyl (C=O) groups is 1. The molecule has 0 aromatic heterocycles. The van der Waals surface area contributed by atoms with Crippen molar-refractivity contribution in [2.75, 3.05) is 20.8 Å². The van der Waals surface area contributed by atoms with Crippen LogP contribution in [0.1, 0.15) is 22.0 Å². The fourth-order valence-electron chi connectivity index (χ4n) is 2.07. The summed E-state index contributed by atoms with van der Waals surface area (Å²) in [6.45, 7) is 0.0921. The number of aliphatic hydroxyl groups is 1. The molecular formula is C17H18ClNO4. The van der Waals surface area contributed by atoms with Gasteiger partial charge >= 0.3 is 0 Å². The summed E-state index contributed by atoms with van der Waals surface area (Å²) in [5.41, 5.74) is 1.10. The molecule has 0 radical (unpaired) electrons. The van der Waals surface area contributed by atoms with Gasteiger partial charge in [0.05, 0.1) is 20.3 Å². The predicted octanol–water partition coefficient (Wildman–Crippen LogP) is 2.82. The van der Waals surface area contributed by atoms with Gasteiger partial charge in [-0.05, 0) is 35.9 Å². The summed E-state index contributed by atoms with van der Waals surface area (Å²) in [7, 11) is 3.03. The minimum atomic E-state index is -0.809. The zero-order valence-corrected chi connectivity index (χ0v) is 13.6. The van der Waals surface area contributed by atoms with Crippen molar-refractivity contribution in [1.29, 1.82) is 0 Å². The smallest absolute Gasteiger partial charge is 0.251 e. The first-order valence-electron chi connectivity index (χ1n) is 6.99. The van der Waals surface area contributed by atoms with E-state index >= 15 is 0 Å². The van der Waals surface area contributed by atoms with Crippen molar-refractivity contribution in [3.05, 3.63) is 58.6 Å². The summed E-state index contributed by atoms with van der Waals surface area (Å²) in [6, 6.07) is 11.7. The predicted molar refractivity (Wildman–Crippen MR) is 88.3 cm³/mol. The average molecular weight is 336 g/mol. The molecule has 0 spiro atoms. The molecule has 0 aliphatic heterocycles. The Morgan fingerprint density at radius 1 is 1.13 bits per heavy atom. The molecule has 2 rings (SSSR count). The van der Waals surface area contributed by atoms with Crippen LogP contribution in [0.5, 0.6) is 11.5 Å². The molecule has 1 amide bonds. The molecule has 1 atom stereocenters. The van der Waals surface area contributed by atoms with E-state index in [0.29, 0.717) is 27.6 Å². The van der Waals surface area contributed by atoms with Crippen molar-refractivity contribution in [2.24, 2.45) is 0 Å². The summed E-state index contributed by atoms with van der Waals surface area (Å²) in [5, 5.41) is 13.4. The van der Waals surface area contributed by atoms with Crippen molar-refractivity contribution >= 4 is 17.5 Å². The number of ether oxygens (including phenoxy) is 2. The zero-order valence-electron chi connectivity index (χ0n) is 12.9. The number of aliphatic hydroxyl groups excluding tert-OH is 1. The summed E-state index contributed by atoms with van der Waals surface area (Å²) < 4.78 is 10.3. The van der Waals surface area contributed by atoms with Gasteiger partial charge in [-0.2, -0.15) is 0 Å². The van der Waals surface area contributed by atoms with E-state index in [-0.39, 0.29) is 12.5 Å². The van der Waals surface area contributed by atoms with Gasteiger partial charge in [-0.1, -0.05) is 23.7 Å². The number of benzene rings is 2. The minimum absolute atomic E-state index is 0.0921. The third kappa shape index (κ3) is 4.37. The Labute approximate surface area is 139 Å². The van der Waals surface area contributed by atoms with Gasteiger partial charge in [0, 0.05) is 17.1 Å². The van der Waals surface area contributed by atoms with Crippen LogP contribution >= 0.6 is 11.6 Å². The second-order valence-corrected chi connectivity index (χ2v) is 5.28. The standard InChI is InChI=1S/C17H18ClNO4/c1-22-15-8-5-12(9-16(15)23-2)17(21)19-10-14(20)11-3-6-13(18)7-4-11/h3-9,14,20H,10H2,1-2H3,(H,19,21)/t14-/m0/s1. The van der Waals surface area contributed by atoms with Crippen molar-refractivity contribution in [3.63, 3.8) is 0 Å². The van der Waals surface area contributed by atoms with Crippen molar-refractivity contribution in [3.8, 4) is 11.5 Å². The van der Waals surface area contributed by atoms with Crippen LogP contribution in [0.3, 0.4) is 0 Å². The molecule has 0 saturated heterocycles. The Morgan fingerprint density at radius 2 is 1.78 bits per heavy atom. The van der Waals surface area contributed by atoms with Crippen LogP contribution in [0.25, 0.3) is 0 Å². The lowest BCUT2D eigenvalue weighted by molar-refractivity contribution is 0.0916. The fourth-order valence-corrected chi connectivity index (χ4v) is 2.20. The van der Waals surface area contributed by atoms with Crippen LogP contribution in [0.4, 0.5) is 0 Å². The SMILES string of the molecule is COc1ccc(C(=O)NC[C@H](O)c2ccc(Cl)cc2)cc1OC. The molecule has 0 unspecified atom stereocenters. The van der Waals surface area contributed by atoms with Crippen LogP contribution < -0.4 is 14.8 Å². The van der Waals surface area contributed by atoms with Gasteiger partial charge in [0.2, 0.25) is 0 Å². The molecule has 0 fully saturated rings. The highest BCUT2D eigenvalue weighted by Gasteiger charge is 2.13. The molecule has 0 heterocycles. The molecule has 0 aliphatic carbocycles. The lowest BCUT2D eigenvalue weighted by Crippen LogP contribution is -2.28. The number of carbonyl (C=O) groups excluding carboxylic acids is 1. The normalized spacial score (nSPS) is 11.7. The largest absolute Gasteiger partial charge is 0.493 e. The van der Waals surface area contributed by atoms with Gasteiger partial charge in [-0.3, -0.25) is 4.79 Å². The maximum atomic E-state index is 12.2. The van der Waals surface area contributed by atoms with Crippen LogP contribution in [-0.4, -0.2) is 31.8 Å². The first-order chi connectivity index (χ1) is 11.0. The van der Waals surface area contributed by atoms with E-state index < -0.39 is 6.10 Å². The Kier molecular flexibility index (Phi) is 5.84. The summed E-state index contributed by atoms with van der Waals surface area (Å²) in [6.07, 6.45) is -0.809. The van der Waals surface area contributed by atoms with Gasteiger partial charge in [-0.15, -0.1) is 0 Å². The highest BCUT2D eigenvalue weighted by Crippen LogP contribution is 2.27. The third-order valence-electron chi connectivity index (χ3n) is 3.36. The third-order valence-corrected chi connectivity index (χ3v) is 3.61. The molecule has 0 bridgehead atoms. The van der Waals surface area contributed by atoms with Gasteiger partial charge in [-0.25, -0.2) is 0 Å². The molecule has 0 aliphatic rings. The molecule has 2 N–H and O–H groups in total. The molecule has 122 valence electrons. The topological polar surface area (TPSA) is 67.8 Å². The maximum absolute atomic E-state index is 12.2. The van der Waals surface area contributed by atoms with Gasteiger partial charge < -0.3 is 19.9 Å². The Hall–Kier alpha value is -2.24. The number of halogens is 1. The first kappa shape index (κ1) is 17.1. The molecule has 2 aromatic carbocycles. The first-order valence-corrected chi connectivity index (χ1v) is 7.36. The summed E-state index contributed by atoms with van der Waals surface area (Å²) in [5.74, 6) is 0.711. The van der Waals surface area contributed by atoms with E-state index in [1.807, 2.05) is 0 Å². The van der Waals surface area contributed by atoms with E-state index in [0.717, 1.165) is 0 Å². The minimum Gasteiger partial charge on any atom is -0.493 e. The summed E-state index contributed by atoms with van der Waals surface area (Å²) >= 11 is 5.80. The van der Waals surface area contributed by atoms with Crippen LogP contribution in [0.2, 0.25) is 5.02 Å². The van der Waals surface area contributed by atoms with Crippen LogP contribution in [0.15, 0.2) is 42.5 Å².